The molecule has 0 bridgehead atoms. The molecule has 0 unspecified atom stereocenters. The van der Waals surface area contributed by atoms with Crippen molar-refractivity contribution in [1.82, 2.24) is 4.90 Å². The lowest BCUT2D eigenvalue weighted by atomic mass is 10.2. The first-order valence-corrected chi connectivity index (χ1v) is 6.46. The summed E-state index contributed by atoms with van der Waals surface area (Å²) < 4.78 is 5.51. The largest absolute Gasteiger partial charge is 0.377 e. The van der Waals surface area contributed by atoms with Crippen LogP contribution in [-0.2, 0) is 16.1 Å². The molecular formula is C15H20N2O2. The zero-order chi connectivity index (χ0) is 13.9. The van der Waals surface area contributed by atoms with Gasteiger partial charge >= 0.3 is 0 Å². The highest BCUT2D eigenvalue weighted by Gasteiger charge is 2.07. The molecule has 1 amide bonds. The molecule has 0 radical (unpaired) electrons. The number of amides is 1. The van der Waals surface area contributed by atoms with Gasteiger partial charge in [0, 0.05) is 26.6 Å². The molecule has 0 aliphatic heterocycles. The van der Waals surface area contributed by atoms with E-state index in [-0.39, 0.29) is 5.91 Å². The number of nitrogens with zero attached hydrogens (tertiary/aromatic N) is 2. The van der Waals surface area contributed by atoms with Gasteiger partial charge in [-0.25, -0.2) is 0 Å². The minimum atomic E-state index is 0.0681. The van der Waals surface area contributed by atoms with Gasteiger partial charge in [-0.1, -0.05) is 30.3 Å². The summed E-state index contributed by atoms with van der Waals surface area (Å²) in [5, 5.41) is 8.44. The first kappa shape index (κ1) is 15.2. The van der Waals surface area contributed by atoms with E-state index in [0.717, 1.165) is 5.56 Å². The Balaban J connectivity index is 2.07. The summed E-state index contributed by atoms with van der Waals surface area (Å²) in [6, 6.07) is 12.0. The van der Waals surface area contributed by atoms with Gasteiger partial charge in [0.25, 0.3) is 0 Å². The monoisotopic (exact) mass is 260 g/mol. The Kier molecular flexibility index (Phi) is 7.30. The van der Waals surface area contributed by atoms with E-state index in [2.05, 4.69) is 0 Å². The van der Waals surface area contributed by atoms with Crippen molar-refractivity contribution in [2.45, 2.75) is 25.9 Å². The summed E-state index contributed by atoms with van der Waals surface area (Å²) in [5.74, 6) is 0.0681. The van der Waals surface area contributed by atoms with E-state index >= 15 is 0 Å². The molecule has 102 valence electrons. The van der Waals surface area contributed by atoms with Crippen LogP contribution in [0.3, 0.4) is 0 Å². The summed E-state index contributed by atoms with van der Waals surface area (Å²) in [4.78, 5) is 13.2. The topological polar surface area (TPSA) is 53.3 Å². The van der Waals surface area contributed by atoms with E-state index in [4.69, 9.17) is 10.00 Å². The molecule has 1 rings (SSSR count). The maximum atomic E-state index is 11.6. The number of hydrogen-bond acceptors (Lipinski definition) is 3. The summed E-state index contributed by atoms with van der Waals surface area (Å²) in [7, 11) is 1.73. The summed E-state index contributed by atoms with van der Waals surface area (Å²) in [5.41, 5.74) is 1.14. The number of rotatable bonds is 8. The third-order valence-corrected chi connectivity index (χ3v) is 2.78. The Bertz CT molecular complexity index is 412. The van der Waals surface area contributed by atoms with Gasteiger partial charge in [-0.05, 0) is 12.0 Å². The van der Waals surface area contributed by atoms with Gasteiger partial charge in [-0.15, -0.1) is 0 Å². The van der Waals surface area contributed by atoms with Crippen LogP contribution in [0.15, 0.2) is 30.3 Å². The standard InChI is InChI=1S/C15H20N2O2/c1-17(11-6-10-16)15(18)9-5-12-19-13-14-7-3-2-4-8-14/h2-4,7-8H,5-6,9,11-13H2,1H3. The molecule has 0 fully saturated rings. The van der Waals surface area contributed by atoms with Crippen LogP contribution in [0.2, 0.25) is 0 Å². The second kappa shape index (κ2) is 9.12. The van der Waals surface area contributed by atoms with Gasteiger partial charge in [0.1, 0.15) is 0 Å². The average molecular weight is 260 g/mol. The lowest BCUT2D eigenvalue weighted by Gasteiger charge is -2.15. The second-order valence-corrected chi connectivity index (χ2v) is 4.37. The lowest BCUT2D eigenvalue weighted by Crippen LogP contribution is -2.27. The van der Waals surface area contributed by atoms with Crippen molar-refractivity contribution < 1.29 is 9.53 Å². The SMILES string of the molecule is CN(CCC#N)C(=O)CCCOCc1ccccc1. The predicted octanol–water partition coefficient (Wildman–Crippen LogP) is 2.36. The molecular weight excluding hydrogens is 240 g/mol. The Morgan fingerprint density at radius 2 is 2.11 bits per heavy atom. The van der Waals surface area contributed by atoms with Crippen molar-refractivity contribution >= 4 is 5.91 Å². The molecule has 0 spiro atoms. The fourth-order valence-electron chi connectivity index (χ4n) is 1.62. The lowest BCUT2D eigenvalue weighted by molar-refractivity contribution is -0.130. The van der Waals surface area contributed by atoms with Crippen LogP contribution >= 0.6 is 0 Å². The van der Waals surface area contributed by atoms with Crippen LogP contribution in [0.4, 0.5) is 0 Å². The van der Waals surface area contributed by atoms with E-state index < -0.39 is 0 Å². The minimum absolute atomic E-state index is 0.0681. The molecule has 4 heteroatoms. The molecule has 0 saturated heterocycles. The fraction of sp³-hybridized carbons (Fsp3) is 0.467. The van der Waals surface area contributed by atoms with Gasteiger partial charge in [-0.3, -0.25) is 4.79 Å². The van der Waals surface area contributed by atoms with Crippen molar-refractivity contribution in [3.8, 4) is 6.07 Å². The first-order chi connectivity index (χ1) is 9.24. The van der Waals surface area contributed by atoms with Crippen LogP contribution in [0.5, 0.6) is 0 Å². The Morgan fingerprint density at radius 3 is 2.79 bits per heavy atom. The molecule has 0 aromatic heterocycles. The van der Waals surface area contributed by atoms with Crippen LogP contribution in [0.25, 0.3) is 0 Å². The number of carbonyl (C=O) groups is 1. The number of benzene rings is 1. The maximum Gasteiger partial charge on any atom is 0.222 e. The summed E-state index contributed by atoms with van der Waals surface area (Å²) >= 11 is 0. The number of hydrogen-bond donors (Lipinski definition) is 0. The zero-order valence-electron chi connectivity index (χ0n) is 11.3. The molecule has 0 aliphatic carbocycles. The zero-order valence-corrected chi connectivity index (χ0v) is 11.3. The van der Waals surface area contributed by atoms with E-state index in [9.17, 15) is 4.79 Å². The van der Waals surface area contributed by atoms with E-state index in [0.29, 0.717) is 39.0 Å². The van der Waals surface area contributed by atoms with Crippen molar-refractivity contribution in [3.63, 3.8) is 0 Å². The number of carbonyl (C=O) groups excluding carboxylic acids is 1. The Labute approximate surface area is 114 Å². The molecule has 19 heavy (non-hydrogen) atoms. The molecule has 4 nitrogen and oxygen atoms in total. The van der Waals surface area contributed by atoms with Crippen molar-refractivity contribution in [3.05, 3.63) is 35.9 Å². The van der Waals surface area contributed by atoms with E-state index in [1.165, 1.54) is 0 Å². The van der Waals surface area contributed by atoms with Gasteiger partial charge < -0.3 is 9.64 Å². The Morgan fingerprint density at radius 1 is 1.37 bits per heavy atom. The average Bonchev–Trinajstić information content (AvgIpc) is 2.45. The predicted molar refractivity (Wildman–Crippen MR) is 73.2 cm³/mol. The molecule has 0 heterocycles. The van der Waals surface area contributed by atoms with Crippen molar-refractivity contribution in [2.24, 2.45) is 0 Å². The third-order valence-electron chi connectivity index (χ3n) is 2.78. The Hall–Kier alpha value is -1.86. The smallest absolute Gasteiger partial charge is 0.222 e. The summed E-state index contributed by atoms with van der Waals surface area (Å²) in [6.45, 7) is 1.66. The van der Waals surface area contributed by atoms with Gasteiger partial charge in [-0.2, -0.15) is 5.26 Å². The van der Waals surface area contributed by atoms with Gasteiger partial charge in [0.2, 0.25) is 5.91 Å². The molecule has 1 aromatic rings. The van der Waals surface area contributed by atoms with Crippen LogP contribution in [0.1, 0.15) is 24.8 Å². The van der Waals surface area contributed by atoms with Gasteiger partial charge in [0.15, 0.2) is 0 Å². The van der Waals surface area contributed by atoms with Crippen LogP contribution < -0.4 is 0 Å². The fourth-order valence-corrected chi connectivity index (χ4v) is 1.62. The van der Waals surface area contributed by atoms with Crippen LogP contribution in [-0.4, -0.2) is 31.0 Å². The number of nitriles is 1. The molecule has 0 atom stereocenters. The maximum absolute atomic E-state index is 11.6. The molecule has 0 N–H and O–H groups in total. The normalized spacial score (nSPS) is 9.89. The highest BCUT2D eigenvalue weighted by Crippen LogP contribution is 2.02. The molecule has 1 aromatic carbocycles. The van der Waals surface area contributed by atoms with E-state index in [1.54, 1.807) is 11.9 Å². The molecule has 0 saturated carbocycles. The number of ether oxygens (including phenoxy) is 1. The van der Waals surface area contributed by atoms with E-state index in [1.807, 2.05) is 36.4 Å². The highest BCUT2D eigenvalue weighted by atomic mass is 16.5. The van der Waals surface area contributed by atoms with Gasteiger partial charge in [0.05, 0.1) is 19.1 Å². The third kappa shape index (κ3) is 6.58. The van der Waals surface area contributed by atoms with Crippen LogP contribution in [0, 0.1) is 11.3 Å². The molecule has 0 aliphatic rings. The summed E-state index contributed by atoms with van der Waals surface area (Å²) in [6.07, 6.45) is 1.56. The highest BCUT2D eigenvalue weighted by molar-refractivity contribution is 5.75. The quantitative estimate of drug-likeness (QED) is 0.674. The van der Waals surface area contributed by atoms with Crippen molar-refractivity contribution in [2.75, 3.05) is 20.2 Å². The minimum Gasteiger partial charge on any atom is -0.377 e. The second-order valence-electron chi connectivity index (χ2n) is 4.37. The van der Waals surface area contributed by atoms with Crippen molar-refractivity contribution in [1.29, 1.82) is 5.26 Å². The first-order valence-electron chi connectivity index (χ1n) is 6.46.